The predicted octanol–water partition coefficient (Wildman–Crippen LogP) is 6.62. The van der Waals surface area contributed by atoms with Crippen LogP contribution in [0.1, 0.15) is 21.5 Å². The molecule has 0 radical (unpaired) electrons. The van der Waals surface area contributed by atoms with Crippen molar-refractivity contribution in [3.05, 3.63) is 99.3 Å². The summed E-state index contributed by atoms with van der Waals surface area (Å²) < 4.78 is 24.2. The first-order valence-corrected chi connectivity index (χ1v) is 9.45. The SMILES string of the molecule is COc1ccc(/C=C/C(=O)c2ccc(F)cc2)cc1COc1c(Cl)cccc1Cl. The Bertz CT molecular complexity index is 1030. The zero-order valence-electron chi connectivity index (χ0n) is 15.5. The fraction of sp³-hybridized carbons (Fsp3) is 0.0870. The zero-order valence-corrected chi connectivity index (χ0v) is 17.0. The van der Waals surface area contributed by atoms with Crippen LogP contribution in [0.5, 0.6) is 11.5 Å². The largest absolute Gasteiger partial charge is 0.496 e. The lowest BCUT2D eigenvalue weighted by atomic mass is 10.1. The van der Waals surface area contributed by atoms with Crippen LogP contribution in [0.25, 0.3) is 6.08 Å². The monoisotopic (exact) mass is 430 g/mol. The van der Waals surface area contributed by atoms with E-state index in [2.05, 4.69) is 0 Å². The van der Waals surface area contributed by atoms with Gasteiger partial charge < -0.3 is 9.47 Å². The molecule has 3 rings (SSSR count). The molecule has 0 N–H and O–H groups in total. The first-order chi connectivity index (χ1) is 14.0. The lowest BCUT2D eigenvalue weighted by Gasteiger charge is -2.13. The molecule has 3 aromatic rings. The third-order valence-electron chi connectivity index (χ3n) is 4.15. The lowest BCUT2D eigenvalue weighted by Crippen LogP contribution is -2.00. The average Bonchev–Trinajstić information content (AvgIpc) is 2.72. The number of allylic oxidation sites excluding steroid dienone is 1. The number of rotatable bonds is 7. The summed E-state index contributed by atoms with van der Waals surface area (Å²) >= 11 is 12.3. The first-order valence-electron chi connectivity index (χ1n) is 8.69. The molecule has 3 nitrogen and oxygen atoms in total. The molecule has 0 fully saturated rings. The lowest BCUT2D eigenvalue weighted by molar-refractivity contribution is 0.104. The number of methoxy groups -OCH3 is 1. The van der Waals surface area contributed by atoms with Gasteiger partial charge >= 0.3 is 0 Å². The van der Waals surface area contributed by atoms with Crippen LogP contribution >= 0.6 is 23.2 Å². The van der Waals surface area contributed by atoms with Crippen LogP contribution in [0.2, 0.25) is 10.0 Å². The van der Waals surface area contributed by atoms with Gasteiger partial charge in [0, 0.05) is 11.1 Å². The Labute approximate surface area is 178 Å². The molecule has 0 aliphatic rings. The van der Waals surface area contributed by atoms with Crippen LogP contribution in [-0.2, 0) is 6.61 Å². The third-order valence-corrected chi connectivity index (χ3v) is 4.75. The fourth-order valence-corrected chi connectivity index (χ4v) is 3.17. The van der Waals surface area contributed by atoms with E-state index in [-0.39, 0.29) is 18.2 Å². The number of halogens is 3. The van der Waals surface area contributed by atoms with Gasteiger partial charge in [-0.05, 0) is 60.2 Å². The van der Waals surface area contributed by atoms with Crippen molar-refractivity contribution in [3.63, 3.8) is 0 Å². The summed E-state index contributed by atoms with van der Waals surface area (Å²) in [6.45, 7) is 0.181. The molecule has 0 saturated heterocycles. The molecule has 0 aromatic heterocycles. The van der Waals surface area contributed by atoms with Crippen molar-refractivity contribution in [1.29, 1.82) is 0 Å². The van der Waals surface area contributed by atoms with Gasteiger partial charge in [-0.1, -0.05) is 41.4 Å². The molecule has 3 aromatic carbocycles. The summed E-state index contributed by atoms with van der Waals surface area (Å²) in [6.07, 6.45) is 3.11. The van der Waals surface area contributed by atoms with Gasteiger partial charge in [0.2, 0.25) is 0 Å². The van der Waals surface area contributed by atoms with Crippen molar-refractivity contribution in [2.24, 2.45) is 0 Å². The van der Waals surface area contributed by atoms with Gasteiger partial charge in [0.25, 0.3) is 0 Å². The molecule has 0 saturated carbocycles. The van der Waals surface area contributed by atoms with E-state index in [4.69, 9.17) is 32.7 Å². The highest BCUT2D eigenvalue weighted by Gasteiger charge is 2.10. The Morgan fingerprint density at radius 3 is 2.38 bits per heavy atom. The van der Waals surface area contributed by atoms with Crippen molar-refractivity contribution >= 4 is 35.1 Å². The van der Waals surface area contributed by atoms with Gasteiger partial charge in [0.15, 0.2) is 11.5 Å². The first kappa shape index (κ1) is 20.9. The number of benzene rings is 3. The van der Waals surface area contributed by atoms with E-state index in [1.54, 1.807) is 37.5 Å². The summed E-state index contributed by atoms with van der Waals surface area (Å²) in [5.41, 5.74) is 1.96. The van der Waals surface area contributed by atoms with Gasteiger partial charge in [-0.2, -0.15) is 0 Å². The second-order valence-electron chi connectivity index (χ2n) is 6.12. The molecule has 29 heavy (non-hydrogen) atoms. The maximum Gasteiger partial charge on any atom is 0.185 e. The van der Waals surface area contributed by atoms with E-state index in [1.165, 1.54) is 30.3 Å². The van der Waals surface area contributed by atoms with Crippen molar-refractivity contribution in [2.75, 3.05) is 7.11 Å². The average molecular weight is 431 g/mol. The Balaban J connectivity index is 1.77. The summed E-state index contributed by atoms with van der Waals surface area (Å²) in [6, 6.07) is 16.0. The molecule has 6 heteroatoms. The van der Waals surface area contributed by atoms with E-state index < -0.39 is 0 Å². The quantitative estimate of drug-likeness (QED) is 0.312. The van der Waals surface area contributed by atoms with Gasteiger partial charge in [-0.25, -0.2) is 4.39 Å². The summed E-state index contributed by atoms with van der Waals surface area (Å²) in [7, 11) is 1.56. The van der Waals surface area contributed by atoms with Crippen LogP contribution < -0.4 is 9.47 Å². The van der Waals surface area contributed by atoms with E-state index >= 15 is 0 Å². The number of hydrogen-bond donors (Lipinski definition) is 0. The van der Waals surface area contributed by atoms with Crippen molar-refractivity contribution in [3.8, 4) is 11.5 Å². The second-order valence-corrected chi connectivity index (χ2v) is 6.93. The van der Waals surface area contributed by atoms with Crippen LogP contribution in [0.3, 0.4) is 0 Å². The standard InChI is InChI=1S/C23H17Cl2FO3/c1-28-22-12-6-15(5-11-21(27)16-7-9-18(26)10-8-16)13-17(22)14-29-23-19(24)3-2-4-20(23)25/h2-13H,14H2,1H3/b11-5+. The van der Waals surface area contributed by atoms with E-state index in [9.17, 15) is 9.18 Å². The highest BCUT2D eigenvalue weighted by atomic mass is 35.5. The highest BCUT2D eigenvalue weighted by Crippen LogP contribution is 2.33. The molecule has 0 amide bonds. The molecule has 0 heterocycles. The van der Waals surface area contributed by atoms with Crippen LogP contribution in [-0.4, -0.2) is 12.9 Å². The van der Waals surface area contributed by atoms with Crippen LogP contribution in [0.15, 0.2) is 66.7 Å². The van der Waals surface area contributed by atoms with Gasteiger partial charge in [0.1, 0.15) is 18.2 Å². The predicted molar refractivity (Wildman–Crippen MR) is 114 cm³/mol. The van der Waals surface area contributed by atoms with Crippen LogP contribution in [0.4, 0.5) is 4.39 Å². The fourth-order valence-electron chi connectivity index (χ4n) is 2.67. The normalized spacial score (nSPS) is 10.9. The van der Waals surface area contributed by atoms with Gasteiger partial charge in [-0.15, -0.1) is 0 Å². The number of ether oxygens (including phenoxy) is 2. The number of carbonyl (C=O) groups excluding carboxylic acids is 1. The summed E-state index contributed by atoms with van der Waals surface area (Å²) in [5.74, 6) is 0.422. The Hall–Kier alpha value is -2.82. The number of hydrogen-bond acceptors (Lipinski definition) is 3. The molecule has 0 aliphatic carbocycles. The van der Waals surface area contributed by atoms with Gasteiger partial charge in [-0.3, -0.25) is 4.79 Å². The van der Waals surface area contributed by atoms with E-state index in [0.29, 0.717) is 27.1 Å². The smallest absolute Gasteiger partial charge is 0.185 e. The van der Waals surface area contributed by atoms with Crippen molar-refractivity contribution in [1.82, 2.24) is 0 Å². The molecule has 148 valence electrons. The van der Waals surface area contributed by atoms with E-state index in [0.717, 1.165) is 11.1 Å². The molecule has 0 bridgehead atoms. The minimum atomic E-state index is -0.385. The summed E-state index contributed by atoms with van der Waals surface area (Å²) in [4.78, 5) is 12.2. The topological polar surface area (TPSA) is 35.5 Å². The highest BCUT2D eigenvalue weighted by molar-refractivity contribution is 6.37. The number of carbonyl (C=O) groups is 1. The molecule has 0 atom stereocenters. The minimum Gasteiger partial charge on any atom is -0.496 e. The maximum absolute atomic E-state index is 13.0. The molecular weight excluding hydrogens is 414 g/mol. The Morgan fingerprint density at radius 1 is 1.03 bits per heavy atom. The summed E-state index contributed by atoms with van der Waals surface area (Å²) in [5, 5.41) is 0.829. The van der Waals surface area contributed by atoms with Crippen LogP contribution in [0, 0.1) is 5.82 Å². The number of ketones is 1. The second kappa shape index (κ2) is 9.59. The Kier molecular flexibility index (Phi) is 6.91. The molecule has 0 aliphatic heterocycles. The van der Waals surface area contributed by atoms with Crippen molar-refractivity contribution < 1.29 is 18.7 Å². The third kappa shape index (κ3) is 5.37. The molecule has 0 unspecified atom stereocenters. The van der Waals surface area contributed by atoms with E-state index in [1.807, 2.05) is 12.1 Å². The molecule has 0 spiro atoms. The Morgan fingerprint density at radius 2 is 1.72 bits per heavy atom. The maximum atomic E-state index is 13.0. The minimum absolute atomic E-state index is 0.181. The van der Waals surface area contributed by atoms with Crippen molar-refractivity contribution in [2.45, 2.75) is 6.61 Å². The van der Waals surface area contributed by atoms with Gasteiger partial charge in [0.05, 0.1) is 17.2 Å². The molecular formula is C23H17Cl2FO3. The zero-order chi connectivity index (χ0) is 20.8. The number of para-hydroxylation sites is 1.